The normalized spacial score (nSPS) is 10.1. The second-order valence-electron chi connectivity index (χ2n) is 3.69. The Balaban J connectivity index is 2.07. The maximum atomic E-state index is 11.2. The molecule has 6 nitrogen and oxygen atoms in total. The minimum absolute atomic E-state index is 0.188. The highest BCUT2D eigenvalue weighted by Crippen LogP contribution is 2.12. The summed E-state index contributed by atoms with van der Waals surface area (Å²) in [6.07, 6.45) is 4.53. The Morgan fingerprint density at radius 3 is 2.83 bits per heavy atom. The van der Waals surface area contributed by atoms with E-state index in [9.17, 15) is 4.79 Å². The van der Waals surface area contributed by atoms with E-state index in [-0.39, 0.29) is 5.69 Å². The monoisotopic (exact) mass is 247 g/mol. The summed E-state index contributed by atoms with van der Waals surface area (Å²) in [7, 11) is 3.17. The lowest BCUT2D eigenvalue weighted by Gasteiger charge is -2.15. The molecule has 2 rings (SSSR count). The standard InChI is InChI=1S/C12H13N3O3/c1-15(8-9-4-3-5-18-9)11-7-13-10(6-14-11)12(16)17-2/h3-7H,8H2,1-2H3. The van der Waals surface area contributed by atoms with Crippen LogP contribution in [0.1, 0.15) is 16.2 Å². The summed E-state index contributed by atoms with van der Waals surface area (Å²) >= 11 is 0. The molecule has 0 aliphatic rings. The van der Waals surface area contributed by atoms with Crippen LogP contribution in [0.4, 0.5) is 5.82 Å². The first-order valence-corrected chi connectivity index (χ1v) is 5.34. The Morgan fingerprint density at radius 1 is 1.44 bits per heavy atom. The minimum Gasteiger partial charge on any atom is -0.467 e. The summed E-state index contributed by atoms with van der Waals surface area (Å²) in [5.74, 6) is 0.984. The third-order valence-corrected chi connectivity index (χ3v) is 2.40. The average Bonchev–Trinajstić information content (AvgIpc) is 2.91. The molecular weight excluding hydrogens is 234 g/mol. The maximum Gasteiger partial charge on any atom is 0.358 e. The lowest BCUT2D eigenvalue weighted by molar-refractivity contribution is 0.0593. The van der Waals surface area contributed by atoms with Crippen molar-refractivity contribution in [2.75, 3.05) is 19.1 Å². The van der Waals surface area contributed by atoms with E-state index in [2.05, 4.69) is 14.7 Å². The van der Waals surface area contributed by atoms with Gasteiger partial charge in [0.05, 0.1) is 32.3 Å². The van der Waals surface area contributed by atoms with E-state index in [1.165, 1.54) is 19.5 Å². The maximum absolute atomic E-state index is 11.2. The summed E-state index contributed by atoms with van der Waals surface area (Å²) in [5.41, 5.74) is 0.188. The molecule has 0 radical (unpaired) electrons. The van der Waals surface area contributed by atoms with Crippen molar-refractivity contribution in [3.05, 3.63) is 42.2 Å². The second-order valence-corrected chi connectivity index (χ2v) is 3.69. The van der Waals surface area contributed by atoms with E-state index in [0.717, 1.165) is 5.76 Å². The van der Waals surface area contributed by atoms with Gasteiger partial charge in [0.25, 0.3) is 0 Å². The molecular formula is C12H13N3O3. The molecule has 94 valence electrons. The summed E-state index contributed by atoms with van der Waals surface area (Å²) in [4.78, 5) is 21.2. The summed E-state index contributed by atoms with van der Waals surface area (Å²) in [6, 6.07) is 3.71. The van der Waals surface area contributed by atoms with Crippen LogP contribution in [0.5, 0.6) is 0 Å². The van der Waals surface area contributed by atoms with E-state index < -0.39 is 5.97 Å². The van der Waals surface area contributed by atoms with Crippen LogP contribution in [0.25, 0.3) is 0 Å². The number of hydrogen-bond donors (Lipinski definition) is 0. The quantitative estimate of drug-likeness (QED) is 0.762. The molecule has 0 spiro atoms. The topological polar surface area (TPSA) is 68.5 Å². The van der Waals surface area contributed by atoms with Crippen molar-refractivity contribution in [2.24, 2.45) is 0 Å². The average molecular weight is 247 g/mol. The Kier molecular flexibility index (Phi) is 3.57. The third-order valence-electron chi connectivity index (χ3n) is 2.40. The van der Waals surface area contributed by atoms with Crippen molar-refractivity contribution in [1.82, 2.24) is 9.97 Å². The number of furan rings is 1. The van der Waals surface area contributed by atoms with Crippen molar-refractivity contribution in [2.45, 2.75) is 6.54 Å². The zero-order chi connectivity index (χ0) is 13.0. The van der Waals surface area contributed by atoms with E-state index in [4.69, 9.17) is 4.42 Å². The van der Waals surface area contributed by atoms with Gasteiger partial charge < -0.3 is 14.1 Å². The van der Waals surface area contributed by atoms with Gasteiger partial charge >= 0.3 is 5.97 Å². The fourth-order valence-electron chi connectivity index (χ4n) is 1.45. The minimum atomic E-state index is -0.497. The fraction of sp³-hybridized carbons (Fsp3) is 0.250. The van der Waals surface area contributed by atoms with Gasteiger partial charge in [-0.25, -0.2) is 14.8 Å². The smallest absolute Gasteiger partial charge is 0.358 e. The molecule has 0 fully saturated rings. The van der Waals surface area contributed by atoms with Crippen molar-refractivity contribution in [3.8, 4) is 0 Å². The number of esters is 1. The molecule has 2 aromatic heterocycles. The molecule has 18 heavy (non-hydrogen) atoms. The first-order valence-electron chi connectivity index (χ1n) is 5.34. The Labute approximate surface area is 104 Å². The molecule has 0 aromatic carbocycles. The van der Waals surface area contributed by atoms with Gasteiger partial charge in [-0.3, -0.25) is 0 Å². The Morgan fingerprint density at radius 2 is 2.28 bits per heavy atom. The number of nitrogens with zero attached hydrogens (tertiary/aromatic N) is 3. The van der Waals surface area contributed by atoms with Crippen LogP contribution in [-0.2, 0) is 11.3 Å². The number of aromatic nitrogens is 2. The summed E-state index contributed by atoms with van der Waals surface area (Å²) < 4.78 is 9.79. The van der Waals surface area contributed by atoms with Crippen LogP contribution in [0, 0.1) is 0 Å². The Bertz CT molecular complexity index is 508. The van der Waals surface area contributed by atoms with E-state index in [1.54, 1.807) is 6.26 Å². The highest BCUT2D eigenvalue weighted by Gasteiger charge is 2.10. The molecule has 0 saturated heterocycles. The third kappa shape index (κ3) is 2.65. The number of carbonyl (C=O) groups excluding carboxylic acids is 1. The highest BCUT2D eigenvalue weighted by atomic mass is 16.5. The SMILES string of the molecule is COC(=O)c1cnc(N(C)Cc2ccco2)cn1. The predicted octanol–water partition coefficient (Wildman–Crippen LogP) is 1.49. The summed E-state index contributed by atoms with van der Waals surface area (Å²) in [6.45, 7) is 0.583. The molecule has 0 aliphatic carbocycles. The van der Waals surface area contributed by atoms with Crippen LogP contribution < -0.4 is 4.90 Å². The fourth-order valence-corrected chi connectivity index (χ4v) is 1.45. The van der Waals surface area contributed by atoms with Gasteiger partial charge in [-0.1, -0.05) is 0 Å². The van der Waals surface area contributed by atoms with E-state index in [1.807, 2.05) is 24.1 Å². The van der Waals surface area contributed by atoms with Crippen LogP contribution in [0.2, 0.25) is 0 Å². The second kappa shape index (κ2) is 5.31. The number of carbonyl (C=O) groups is 1. The lowest BCUT2D eigenvalue weighted by Crippen LogP contribution is -2.18. The number of hydrogen-bond acceptors (Lipinski definition) is 6. The zero-order valence-electron chi connectivity index (χ0n) is 10.2. The van der Waals surface area contributed by atoms with Crippen molar-refractivity contribution < 1.29 is 13.9 Å². The van der Waals surface area contributed by atoms with E-state index in [0.29, 0.717) is 12.4 Å². The number of methoxy groups -OCH3 is 1. The van der Waals surface area contributed by atoms with Crippen molar-refractivity contribution in [3.63, 3.8) is 0 Å². The van der Waals surface area contributed by atoms with Crippen molar-refractivity contribution in [1.29, 1.82) is 0 Å². The molecule has 0 aliphatic heterocycles. The van der Waals surface area contributed by atoms with Gasteiger partial charge in [0.2, 0.25) is 0 Å². The van der Waals surface area contributed by atoms with Gasteiger partial charge in [-0.15, -0.1) is 0 Å². The Hall–Kier alpha value is -2.37. The van der Waals surface area contributed by atoms with Gasteiger partial charge in [0, 0.05) is 7.05 Å². The van der Waals surface area contributed by atoms with Crippen LogP contribution >= 0.6 is 0 Å². The van der Waals surface area contributed by atoms with Crippen LogP contribution in [0.3, 0.4) is 0 Å². The number of anilines is 1. The van der Waals surface area contributed by atoms with Gasteiger partial charge in [0.1, 0.15) is 11.6 Å². The number of ether oxygens (including phenoxy) is 1. The zero-order valence-corrected chi connectivity index (χ0v) is 10.2. The molecule has 0 atom stereocenters. The van der Waals surface area contributed by atoms with Gasteiger partial charge in [-0.2, -0.15) is 0 Å². The van der Waals surface area contributed by atoms with Crippen LogP contribution in [0.15, 0.2) is 35.2 Å². The predicted molar refractivity (Wildman–Crippen MR) is 64.2 cm³/mol. The van der Waals surface area contributed by atoms with Gasteiger partial charge in [0.15, 0.2) is 5.69 Å². The van der Waals surface area contributed by atoms with Crippen molar-refractivity contribution >= 4 is 11.8 Å². The lowest BCUT2D eigenvalue weighted by atomic mass is 10.4. The largest absolute Gasteiger partial charge is 0.467 e. The highest BCUT2D eigenvalue weighted by molar-refractivity contribution is 5.86. The molecule has 2 aromatic rings. The molecule has 0 N–H and O–H groups in total. The molecule has 0 bridgehead atoms. The summed E-state index contributed by atoms with van der Waals surface area (Å²) in [5, 5.41) is 0. The van der Waals surface area contributed by atoms with Gasteiger partial charge in [-0.05, 0) is 12.1 Å². The number of rotatable bonds is 4. The molecule has 0 saturated carbocycles. The first kappa shape index (κ1) is 12.1. The molecule has 0 unspecified atom stereocenters. The van der Waals surface area contributed by atoms with E-state index >= 15 is 0 Å². The first-order chi connectivity index (χ1) is 8.70. The van der Waals surface area contributed by atoms with Crippen LogP contribution in [-0.4, -0.2) is 30.1 Å². The molecule has 6 heteroatoms. The molecule has 2 heterocycles. The molecule has 0 amide bonds.